The van der Waals surface area contributed by atoms with Gasteiger partial charge in [0.15, 0.2) is 36.2 Å². The fourth-order valence-electron chi connectivity index (χ4n) is 17.5. The summed E-state index contributed by atoms with van der Waals surface area (Å²) in [5, 5.41) is 0. The minimum absolute atomic E-state index is 0.0858. The van der Waals surface area contributed by atoms with E-state index in [0.717, 1.165) is 101 Å². The molecule has 6 aromatic carbocycles. The van der Waals surface area contributed by atoms with Crippen LogP contribution in [0.25, 0.3) is 67.5 Å². The van der Waals surface area contributed by atoms with Crippen LogP contribution in [0.15, 0.2) is 213 Å². The lowest BCUT2D eigenvalue weighted by atomic mass is 9.92. The number of hydrogen-bond donors (Lipinski definition) is 0. The van der Waals surface area contributed by atoms with E-state index in [1.807, 2.05) is 112 Å². The van der Waals surface area contributed by atoms with Gasteiger partial charge < -0.3 is 0 Å². The molecule has 6 heteroatoms. The van der Waals surface area contributed by atoms with E-state index in [-0.39, 0.29) is 17.2 Å². The minimum atomic E-state index is -2.51. The van der Waals surface area contributed by atoms with E-state index in [2.05, 4.69) is 205 Å². The zero-order valence-electron chi connectivity index (χ0n) is 84.9. The Bertz CT molecular complexity index is 5890. The van der Waals surface area contributed by atoms with Gasteiger partial charge >= 0.3 is 0 Å². The molecule has 16 rings (SSSR count). The third-order valence-electron chi connectivity index (χ3n) is 24.2. The van der Waals surface area contributed by atoms with Gasteiger partial charge in [-0.05, 0) is 268 Å². The van der Waals surface area contributed by atoms with Gasteiger partial charge in [-0.15, -0.1) is 0 Å². The van der Waals surface area contributed by atoms with E-state index >= 15 is 0 Å². The summed E-state index contributed by atoms with van der Waals surface area (Å²) in [5.74, 6) is 0.410. The van der Waals surface area contributed by atoms with Crippen LogP contribution in [0.1, 0.15) is 252 Å². The van der Waals surface area contributed by atoms with Gasteiger partial charge in [0.1, 0.15) is 42.3 Å². The summed E-state index contributed by atoms with van der Waals surface area (Å²) in [6.07, 6.45) is 27.4. The molecule has 0 amide bonds. The Morgan fingerprint density at radius 2 is 0.593 bits per heavy atom. The number of nitrogens with zero attached hydrogens (tertiary/aromatic N) is 6. The van der Waals surface area contributed by atoms with Crippen molar-refractivity contribution in [2.75, 3.05) is 0 Å². The van der Waals surface area contributed by atoms with E-state index in [9.17, 15) is 0 Å². The number of pyridine rings is 6. The molecule has 0 atom stereocenters. The fraction of sp³-hybridized carbons (Fsp3) is 0.383. The fourth-order valence-corrected chi connectivity index (χ4v) is 17.5. The molecule has 6 nitrogen and oxygen atoms in total. The van der Waals surface area contributed by atoms with Crippen LogP contribution in [-0.2, 0) is 42.3 Å². The Hall–Kier alpha value is -9.78. The second-order valence-corrected chi connectivity index (χ2v) is 32.6. The summed E-state index contributed by atoms with van der Waals surface area (Å²) in [7, 11) is 11.7. The predicted octanol–water partition coefficient (Wildman–Crippen LogP) is 24.3. The zero-order chi connectivity index (χ0) is 92.6. The molecule has 4 fully saturated rings. The molecule has 12 aromatic rings. The second-order valence-electron chi connectivity index (χ2n) is 32.6. The van der Waals surface area contributed by atoms with Crippen molar-refractivity contribution in [1.29, 1.82) is 0 Å². The largest absolute Gasteiger partial charge is 0.212 e. The molecular weight excluding hydrogens is 1370 g/mol. The molecule has 0 saturated heterocycles. The molecule has 4 aliphatic carbocycles. The van der Waals surface area contributed by atoms with E-state index in [1.165, 1.54) is 141 Å². The third kappa shape index (κ3) is 20.4. The van der Waals surface area contributed by atoms with Crippen LogP contribution in [0, 0.1) is 104 Å². The topological polar surface area (TPSA) is 23.3 Å². The van der Waals surface area contributed by atoms with Crippen molar-refractivity contribution in [1.82, 2.24) is 0 Å². The van der Waals surface area contributed by atoms with Gasteiger partial charge in [-0.3, -0.25) is 0 Å². The summed E-state index contributed by atoms with van der Waals surface area (Å²) in [4.78, 5) is 0. The summed E-state index contributed by atoms with van der Waals surface area (Å²) < 4.78 is 123. The normalized spacial score (nSPS) is 17.1. The van der Waals surface area contributed by atoms with Crippen molar-refractivity contribution in [3.63, 3.8) is 0 Å². The molecule has 6 aromatic heterocycles. The van der Waals surface area contributed by atoms with E-state index < -0.39 is 33.3 Å². The van der Waals surface area contributed by atoms with Crippen molar-refractivity contribution < 1.29 is 46.6 Å². The van der Waals surface area contributed by atoms with Gasteiger partial charge in [0, 0.05) is 137 Å². The highest BCUT2D eigenvalue weighted by molar-refractivity contribution is 5.67. The van der Waals surface area contributed by atoms with Gasteiger partial charge in [0.05, 0.1) is 0 Å². The zero-order valence-corrected chi connectivity index (χ0v) is 70.9. The average molecular weight is 1520 g/mol. The smallest absolute Gasteiger partial charge is 0.201 e. The van der Waals surface area contributed by atoms with Gasteiger partial charge in [0.2, 0.25) is 34.2 Å². The van der Waals surface area contributed by atoms with Crippen LogP contribution in [0.5, 0.6) is 0 Å². The SMILES string of the molecule is Cc1ccccc1-c1cc(C)c(C2CCCC2)c[n+]1C.Cc1ccccc1-c1cc(C2CCCC2)c(C)c[n+]1C.[2H]C([2H])([2H])c1c(C)cc(-c2ccccc2C)[n+](C)c1C([2H])([2H])[2H].[2H]C([2H])([2H])c1c[n+](C)c(-c2ccccc2C)cc1C1([2H])CCCC1.[2H]C([2H])([2H])c1cc(C)cc(-c2ccccc2C)[n+]1C.[2H]C1(c2c[n+](C)c(-c3ccccc3C)cc2C)CCCC1. The molecule has 4 saturated carbocycles. The van der Waals surface area contributed by atoms with Gasteiger partial charge in [0.25, 0.3) is 0 Å². The number of hydrogen-bond acceptors (Lipinski definition) is 0. The Labute approximate surface area is 701 Å². The lowest BCUT2D eigenvalue weighted by Gasteiger charge is -2.14. The van der Waals surface area contributed by atoms with Crippen LogP contribution < -0.4 is 27.4 Å². The van der Waals surface area contributed by atoms with E-state index in [4.69, 9.17) is 19.2 Å². The van der Waals surface area contributed by atoms with Crippen LogP contribution in [0.4, 0.5) is 0 Å². The average Bonchev–Trinajstić information content (AvgIpc) is 1.44. The maximum absolute atomic E-state index is 8.87. The molecule has 0 bridgehead atoms. The van der Waals surface area contributed by atoms with Crippen molar-refractivity contribution in [3.05, 3.63) is 319 Å². The number of aromatic nitrogens is 6. The van der Waals surface area contributed by atoms with Crippen LogP contribution in [0.2, 0.25) is 0 Å². The quantitative estimate of drug-likeness (QED) is 0.122. The van der Waals surface area contributed by atoms with Crippen LogP contribution in [-0.4, -0.2) is 0 Å². The molecule has 113 heavy (non-hydrogen) atoms. The van der Waals surface area contributed by atoms with E-state index in [0.29, 0.717) is 28.1 Å². The van der Waals surface area contributed by atoms with E-state index in [1.54, 1.807) is 48.0 Å². The first kappa shape index (κ1) is 66.6. The predicted molar refractivity (Wildman–Crippen MR) is 474 cm³/mol. The van der Waals surface area contributed by atoms with Crippen molar-refractivity contribution in [3.8, 4) is 67.5 Å². The first-order valence-electron chi connectivity index (χ1n) is 48.3. The molecule has 4 aliphatic rings. The van der Waals surface area contributed by atoms with Crippen molar-refractivity contribution in [2.24, 2.45) is 42.3 Å². The lowest BCUT2D eigenvalue weighted by molar-refractivity contribution is -0.667. The van der Waals surface area contributed by atoms with Crippen molar-refractivity contribution >= 4 is 0 Å². The van der Waals surface area contributed by atoms with Gasteiger partial charge in [-0.25, -0.2) is 18.3 Å². The summed E-state index contributed by atoms with van der Waals surface area (Å²) in [5.41, 5.74) is 31.8. The van der Waals surface area contributed by atoms with Crippen LogP contribution in [0.3, 0.4) is 0 Å². The molecule has 0 N–H and O–H groups in total. The maximum atomic E-state index is 8.87. The summed E-state index contributed by atoms with van der Waals surface area (Å²) in [6.45, 7) is 13.6. The van der Waals surface area contributed by atoms with Gasteiger partial charge in [-0.2, -0.15) is 9.13 Å². The Kier molecular flexibility index (Phi) is 22.9. The Morgan fingerprint density at radius 3 is 0.991 bits per heavy atom. The third-order valence-corrected chi connectivity index (χ3v) is 24.2. The molecule has 586 valence electrons. The van der Waals surface area contributed by atoms with Gasteiger partial charge in [-0.1, -0.05) is 161 Å². The molecule has 0 unspecified atom stereocenters. The summed E-state index contributed by atoms with van der Waals surface area (Å²) in [6, 6.07) is 64.1. The standard InChI is InChI=1S/4C19H24N.C16H20N.C15H18N/c2*1-14-8-4-7-11-17(14)19-12-18(15(2)13-20(19)3)16-9-5-6-10-16;2*1-14-8-4-7-11-17(14)19-12-15(2)18(13-20(19)3)16-9-5-6-10-16;1-11-8-6-7-9-15(11)16-10-12(2)13(3)14(4)17(16)5;1-11-9-13(3)16(4)15(10-11)14-8-6-5-7-12(14)2/h4*4,7-8,11-13,16H,5-6,9-10H2,1-3H3;6-10H,1-5H3;5-10H,1-4H3/q6*+1/i2D3,16D;;16D;;3D3,4D3;3D3. The maximum Gasteiger partial charge on any atom is 0.212 e. The highest BCUT2D eigenvalue weighted by atomic mass is 15.0. The molecule has 0 radical (unpaired) electrons. The van der Waals surface area contributed by atoms with Crippen LogP contribution >= 0.6 is 0 Å². The highest BCUT2D eigenvalue weighted by Crippen LogP contribution is 2.41. The first-order chi connectivity index (χ1) is 59.8. The number of benzene rings is 6. The Balaban J connectivity index is 0.000000148. The molecular formula is C107H134N6+6. The minimum Gasteiger partial charge on any atom is -0.201 e. The van der Waals surface area contributed by atoms with Crippen molar-refractivity contribution in [2.45, 2.75) is 230 Å². The summed E-state index contributed by atoms with van der Waals surface area (Å²) >= 11 is 0. The second kappa shape index (κ2) is 38.8. The Morgan fingerprint density at radius 1 is 0.265 bits per heavy atom. The molecule has 6 heterocycles. The highest BCUT2D eigenvalue weighted by Gasteiger charge is 2.29. The number of rotatable bonds is 10. The first-order valence-corrected chi connectivity index (χ1v) is 41.3. The molecule has 0 spiro atoms. The molecule has 0 aliphatic heterocycles. The lowest BCUT2D eigenvalue weighted by Crippen LogP contribution is -2.36. The monoisotopic (exact) mass is 1520 g/mol. The number of aryl methyl sites for hydroxylation is 17.